The molecule has 0 aromatic heterocycles. The lowest BCUT2D eigenvalue weighted by Crippen LogP contribution is -2.05. The predicted octanol–water partition coefficient (Wildman–Crippen LogP) is 2.73. The van der Waals surface area contributed by atoms with Gasteiger partial charge in [-0.05, 0) is 13.0 Å². The number of rotatable bonds is 6. The number of hydrogen-bond acceptors (Lipinski definition) is 5. The number of nitrogens with zero attached hydrogens (tertiary/aromatic N) is 1. The van der Waals surface area contributed by atoms with Crippen molar-refractivity contribution in [1.29, 1.82) is 0 Å². The number of hydrogen-bond donors (Lipinski definition) is 0. The summed E-state index contributed by atoms with van der Waals surface area (Å²) in [5.41, 5.74) is 0.930. The van der Waals surface area contributed by atoms with Crippen molar-refractivity contribution < 1.29 is 19.2 Å². The molecule has 1 aromatic carbocycles. The Kier molecular flexibility index (Phi) is 5.05. The van der Waals surface area contributed by atoms with Gasteiger partial charge in [-0.15, -0.1) is 6.58 Å². The number of methoxy groups -OCH3 is 1. The largest absolute Gasteiger partial charge is 0.486 e. The van der Waals surface area contributed by atoms with Gasteiger partial charge in [0.2, 0.25) is 0 Å². The molecule has 0 fully saturated rings. The van der Waals surface area contributed by atoms with Gasteiger partial charge in [-0.3, -0.25) is 10.1 Å². The third kappa shape index (κ3) is 4.09. The molecule has 0 aliphatic heterocycles. The van der Waals surface area contributed by atoms with E-state index in [1.165, 1.54) is 25.3 Å². The second-order valence-electron chi connectivity index (χ2n) is 3.99. The molecule has 0 N–H and O–H groups in total. The zero-order chi connectivity index (χ0) is 14.4. The molecule has 0 spiro atoms. The Morgan fingerprint density at radius 2 is 2.16 bits per heavy atom. The molecule has 0 heterocycles. The van der Waals surface area contributed by atoms with E-state index >= 15 is 0 Å². The first kappa shape index (κ1) is 14.7. The molecule has 0 aliphatic rings. The van der Waals surface area contributed by atoms with Gasteiger partial charge in [0.25, 0.3) is 0 Å². The lowest BCUT2D eigenvalue weighted by atomic mass is 10.2. The van der Waals surface area contributed by atoms with E-state index in [0.29, 0.717) is 6.42 Å². The van der Waals surface area contributed by atoms with Crippen LogP contribution in [0.4, 0.5) is 5.69 Å². The summed E-state index contributed by atoms with van der Waals surface area (Å²) in [4.78, 5) is 21.7. The van der Waals surface area contributed by atoms with Crippen LogP contribution in [0.1, 0.15) is 23.7 Å². The molecular weight excluding hydrogens is 250 g/mol. The number of ether oxygens (including phenoxy) is 2. The Labute approximate surface area is 110 Å². The van der Waals surface area contributed by atoms with Gasteiger partial charge in [-0.1, -0.05) is 5.57 Å². The topological polar surface area (TPSA) is 78.7 Å². The molecule has 1 rings (SSSR count). The second-order valence-corrected chi connectivity index (χ2v) is 3.99. The highest BCUT2D eigenvalue weighted by molar-refractivity contribution is 5.90. The van der Waals surface area contributed by atoms with E-state index in [9.17, 15) is 14.9 Å². The summed E-state index contributed by atoms with van der Waals surface area (Å²) in [7, 11) is 1.24. The van der Waals surface area contributed by atoms with Gasteiger partial charge in [0, 0.05) is 18.6 Å². The second kappa shape index (κ2) is 6.53. The van der Waals surface area contributed by atoms with E-state index in [2.05, 4.69) is 11.3 Å². The maximum absolute atomic E-state index is 11.4. The van der Waals surface area contributed by atoms with Crippen molar-refractivity contribution in [3.05, 3.63) is 46.0 Å². The highest BCUT2D eigenvalue weighted by Crippen LogP contribution is 2.28. The van der Waals surface area contributed by atoms with Gasteiger partial charge < -0.3 is 9.47 Å². The molecule has 6 nitrogen and oxygen atoms in total. The molecule has 0 radical (unpaired) electrons. The summed E-state index contributed by atoms with van der Waals surface area (Å²) in [5, 5.41) is 10.9. The highest BCUT2D eigenvalue weighted by Gasteiger charge is 2.18. The van der Waals surface area contributed by atoms with Crippen LogP contribution >= 0.6 is 0 Å². The maximum atomic E-state index is 11.4. The van der Waals surface area contributed by atoms with E-state index in [1.807, 2.05) is 6.92 Å². The lowest BCUT2D eigenvalue weighted by molar-refractivity contribution is -0.385. The highest BCUT2D eigenvalue weighted by atomic mass is 16.6. The molecule has 0 bridgehead atoms. The van der Waals surface area contributed by atoms with Gasteiger partial charge in [0.15, 0.2) is 5.75 Å². The molecular formula is C13H15NO5. The third-order valence-corrected chi connectivity index (χ3v) is 2.36. The normalized spacial score (nSPS) is 9.79. The van der Waals surface area contributed by atoms with E-state index in [1.54, 1.807) is 0 Å². The summed E-state index contributed by atoms with van der Waals surface area (Å²) in [6.45, 7) is 5.82. The van der Waals surface area contributed by atoms with Crippen molar-refractivity contribution in [2.75, 3.05) is 13.7 Å². The van der Waals surface area contributed by atoms with Crippen LogP contribution in [-0.4, -0.2) is 24.6 Å². The molecule has 0 atom stereocenters. The summed E-state index contributed by atoms with van der Waals surface area (Å²) >= 11 is 0. The smallest absolute Gasteiger partial charge is 0.337 e. The summed E-state index contributed by atoms with van der Waals surface area (Å²) in [6.07, 6.45) is 0.583. The molecule has 0 saturated carbocycles. The van der Waals surface area contributed by atoms with Crippen LogP contribution in [0.15, 0.2) is 30.4 Å². The summed E-state index contributed by atoms with van der Waals surface area (Å²) in [6, 6.07) is 3.86. The van der Waals surface area contributed by atoms with E-state index in [-0.39, 0.29) is 23.6 Å². The Balaban J connectivity index is 2.98. The minimum absolute atomic E-state index is 0.0501. The first-order valence-corrected chi connectivity index (χ1v) is 5.59. The number of nitro benzene ring substituents is 1. The molecule has 0 saturated heterocycles. The number of esters is 1. The van der Waals surface area contributed by atoms with Crippen LogP contribution in [0.5, 0.6) is 5.75 Å². The van der Waals surface area contributed by atoms with Gasteiger partial charge in [0.05, 0.1) is 24.2 Å². The molecule has 102 valence electrons. The van der Waals surface area contributed by atoms with E-state index < -0.39 is 10.9 Å². The SMILES string of the molecule is C=C(C)CCOc1cc(C(=O)OC)ccc1[N+](=O)[O-]. The Morgan fingerprint density at radius 3 is 2.68 bits per heavy atom. The maximum Gasteiger partial charge on any atom is 0.337 e. The fourth-order valence-electron chi connectivity index (χ4n) is 1.36. The zero-order valence-electron chi connectivity index (χ0n) is 10.8. The van der Waals surface area contributed by atoms with Crippen LogP contribution in [0.3, 0.4) is 0 Å². The minimum Gasteiger partial charge on any atom is -0.486 e. The molecule has 1 aromatic rings. The quantitative estimate of drug-likeness (QED) is 0.342. The molecule has 6 heteroatoms. The van der Waals surface area contributed by atoms with Crippen LogP contribution in [-0.2, 0) is 4.74 Å². The summed E-state index contributed by atoms with van der Waals surface area (Å²) < 4.78 is 9.89. The fourth-order valence-corrected chi connectivity index (χ4v) is 1.36. The predicted molar refractivity (Wildman–Crippen MR) is 69.4 cm³/mol. The monoisotopic (exact) mass is 265 g/mol. The first-order chi connectivity index (χ1) is 8.95. The summed E-state index contributed by atoms with van der Waals surface area (Å²) in [5.74, 6) is -0.520. The van der Waals surface area contributed by atoms with Crippen molar-refractivity contribution in [2.45, 2.75) is 13.3 Å². The van der Waals surface area contributed by atoms with Gasteiger partial charge in [-0.2, -0.15) is 0 Å². The number of carbonyl (C=O) groups excluding carboxylic acids is 1. The van der Waals surface area contributed by atoms with Gasteiger partial charge >= 0.3 is 11.7 Å². The van der Waals surface area contributed by atoms with Crippen molar-refractivity contribution in [1.82, 2.24) is 0 Å². The molecule has 19 heavy (non-hydrogen) atoms. The van der Waals surface area contributed by atoms with Crippen molar-refractivity contribution in [3.8, 4) is 5.75 Å². The number of benzene rings is 1. The van der Waals surface area contributed by atoms with Crippen LogP contribution in [0.25, 0.3) is 0 Å². The average Bonchev–Trinajstić information content (AvgIpc) is 2.37. The molecule has 0 aliphatic carbocycles. The minimum atomic E-state index is -0.570. The van der Waals surface area contributed by atoms with Crippen LogP contribution in [0.2, 0.25) is 0 Å². The van der Waals surface area contributed by atoms with Crippen molar-refractivity contribution >= 4 is 11.7 Å². The average molecular weight is 265 g/mol. The van der Waals surface area contributed by atoms with Crippen LogP contribution < -0.4 is 4.74 Å². The third-order valence-electron chi connectivity index (χ3n) is 2.36. The van der Waals surface area contributed by atoms with Gasteiger partial charge in [-0.25, -0.2) is 4.79 Å². The lowest BCUT2D eigenvalue weighted by Gasteiger charge is -2.08. The van der Waals surface area contributed by atoms with Crippen molar-refractivity contribution in [3.63, 3.8) is 0 Å². The molecule has 0 amide bonds. The zero-order valence-corrected chi connectivity index (χ0v) is 10.8. The Bertz CT molecular complexity index is 510. The number of carbonyl (C=O) groups is 1. The Hall–Kier alpha value is -2.37. The first-order valence-electron chi connectivity index (χ1n) is 5.59. The Morgan fingerprint density at radius 1 is 1.47 bits per heavy atom. The fraction of sp³-hybridized carbons (Fsp3) is 0.308. The van der Waals surface area contributed by atoms with Gasteiger partial charge in [0.1, 0.15) is 0 Å². The van der Waals surface area contributed by atoms with E-state index in [0.717, 1.165) is 5.57 Å². The van der Waals surface area contributed by atoms with E-state index in [4.69, 9.17) is 4.74 Å². The standard InChI is InChI=1S/C13H15NO5/c1-9(2)6-7-19-12-8-10(13(15)18-3)4-5-11(12)14(16)17/h4-5,8H,1,6-7H2,2-3H3. The van der Waals surface area contributed by atoms with Crippen LogP contribution in [0, 0.1) is 10.1 Å². The van der Waals surface area contributed by atoms with Crippen molar-refractivity contribution in [2.24, 2.45) is 0 Å². The molecule has 0 unspecified atom stereocenters. The number of nitro groups is 1.